The lowest BCUT2D eigenvalue weighted by molar-refractivity contribution is -0.142. The highest BCUT2D eigenvalue weighted by atomic mass is 19.1. The second kappa shape index (κ2) is 8.46. The summed E-state index contributed by atoms with van der Waals surface area (Å²) in [4.78, 5) is 0. The lowest BCUT2D eigenvalue weighted by Gasteiger charge is -2.17. The van der Waals surface area contributed by atoms with Gasteiger partial charge in [-0.05, 0) is 32.0 Å². The van der Waals surface area contributed by atoms with Crippen molar-refractivity contribution >= 4 is 0 Å². The molecule has 19 heavy (non-hydrogen) atoms. The molecule has 5 heteroatoms. The van der Waals surface area contributed by atoms with Crippen LogP contribution in [0.2, 0.25) is 0 Å². The summed E-state index contributed by atoms with van der Waals surface area (Å²) in [5.74, 6) is -0.408. The Balaban J connectivity index is 2.46. The molecule has 0 N–H and O–H groups in total. The van der Waals surface area contributed by atoms with Crippen LogP contribution in [0.25, 0.3) is 0 Å². The van der Waals surface area contributed by atoms with Crippen LogP contribution in [-0.2, 0) is 9.47 Å². The zero-order valence-electron chi connectivity index (χ0n) is 11.2. The first kappa shape index (κ1) is 15.4. The maximum atomic E-state index is 13.5. The minimum Gasteiger partial charge on any atom is -0.490 e. The first-order valence-corrected chi connectivity index (χ1v) is 6.26. The van der Waals surface area contributed by atoms with E-state index in [0.29, 0.717) is 19.6 Å². The van der Waals surface area contributed by atoms with E-state index in [2.05, 4.69) is 0 Å². The highest BCUT2D eigenvalue weighted by Gasteiger charge is 2.09. The van der Waals surface area contributed by atoms with Crippen molar-refractivity contribution < 1.29 is 18.6 Å². The molecule has 0 unspecified atom stereocenters. The quantitative estimate of drug-likeness (QED) is 0.680. The van der Waals surface area contributed by atoms with E-state index >= 15 is 0 Å². The SMILES string of the molecule is CCOC(CCOc1ccc(C#N)cc1F)OCC. The normalized spacial score (nSPS) is 10.5. The average molecular weight is 267 g/mol. The maximum Gasteiger partial charge on any atom is 0.166 e. The summed E-state index contributed by atoms with van der Waals surface area (Å²) in [5.41, 5.74) is 0.270. The van der Waals surface area contributed by atoms with Crippen LogP contribution in [0.3, 0.4) is 0 Å². The molecule has 0 aromatic heterocycles. The molecule has 0 aliphatic rings. The molecule has 104 valence electrons. The maximum absolute atomic E-state index is 13.5. The fourth-order valence-corrected chi connectivity index (χ4v) is 1.54. The van der Waals surface area contributed by atoms with Gasteiger partial charge in [-0.3, -0.25) is 0 Å². The van der Waals surface area contributed by atoms with Crippen molar-refractivity contribution in [3.63, 3.8) is 0 Å². The molecular weight excluding hydrogens is 249 g/mol. The molecule has 0 radical (unpaired) electrons. The standard InChI is InChI=1S/C14H18FNO3/c1-3-17-14(18-4-2)7-8-19-13-6-5-11(10-16)9-12(13)15/h5-6,9,14H,3-4,7-8H2,1-2H3. The Morgan fingerprint density at radius 3 is 2.47 bits per heavy atom. The summed E-state index contributed by atoms with van der Waals surface area (Å²) in [6.45, 7) is 5.15. The largest absolute Gasteiger partial charge is 0.490 e. The number of benzene rings is 1. The van der Waals surface area contributed by atoms with E-state index in [4.69, 9.17) is 19.5 Å². The van der Waals surface area contributed by atoms with Crippen LogP contribution in [0.1, 0.15) is 25.8 Å². The monoisotopic (exact) mass is 267 g/mol. The van der Waals surface area contributed by atoms with E-state index in [1.54, 1.807) is 0 Å². The summed E-state index contributed by atoms with van der Waals surface area (Å²) in [7, 11) is 0. The smallest absolute Gasteiger partial charge is 0.166 e. The topological polar surface area (TPSA) is 51.5 Å². The molecule has 0 amide bonds. The Morgan fingerprint density at radius 2 is 1.95 bits per heavy atom. The fourth-order valence-electron chi connectivity index (χ4n) is 1.54. The number of ether oxygens (including phenoxy) is 3. The van der Waals surface area contributed by atoms with E-state index in [9.17, 15) is 4.39 Å². The lowest BCUT2D eigenvalue weighted by Crippen LogP contribution is -2.20. The highest BCUT2D eigenvalue weighted by Crippen LogP contribution is 2.18. The number of nitriles is 1. The van der Waals surface area contributed by atoms with E-state index < -0.39 is 5.82 Å². The van der Waals surface area contributed by atoms with Gasteiger partial charge < -0.3 is 14.2 Å². The van der Waals surface area contributed by atoms with Gasteiger partial charge in [-0.1, -0.05) is 0 Å². The first-order valence-electron chi connectivity index (χ1n) is 6.26. The summed E-state index contributed by atoms with van der Waals surface area (Å²) < 4.78 is 29.5. The average Bonchev–Trinajstić information content (AvgIpc) is 2.41. The van der Waals surface area contributed by atoms with Crippen molar-refractivity contribution in [3.8, 4) is 11.8 Å². The van der Waals surface area contributed by atoms with E-state index in [-0.39, 0.29) is 24.2 Å². The Bertz CT molecular complexity index is 425. The number of hydrogen-bond acceptors (Lipinski definition) is 4. The molecule has 1 rings (SSSR count). The van der Waals surface area contributed by atoms with Crippen molar-refractivity contribution in [2.24, 2.45) is 0 Å². The van der Waals surface area contributed by atoms with Gasteiger partial charge in [-0.2, -0.15) is 5.26 Å². The van der Waals surface area contributed by atoms with Gasteiger partial charge in [0.1, 0.15) is 0 Å². The van der Waals surface area contributed by atoms with Gasteiger partial charge >= 0.3 is 0 Å². The van der Waals surface area contributed by atoms with Gasteiger partial charge in [0.2, 0.25) is 0 Å². The molecule has 4 nitrogen and oxygen atoms in total. The van der Waals surface area contributed by atoms with Crippen LogP contribution in [0, 0.1) is 17.1 Å². The molecule has 0 bridgehead atoms. The molecule has 0 fully saturated rings. The van der Waals surface area contributed by atoms with Crippen molar-refractivity contribution in [2.45, 2.75) is 26.6 Å². The van der Waals surface area contributed by atoms with Crippen molar-refractivity contribution in [3.05, 3.63) is 29.6 Å². The van der Waals surface area contributed by atoms with E-state index in [1.807, 2.05) is 19.9 Å². The Morgan fingerprint density at radius 1 is 1.26 bits per heavy atom. The third kappa shape index (κ3) is 5.25. The Kier molecular flexibility index (Phi) is 6.86. The second-order valence-corrected chi connectivity index (χ2v) is 3.73. The Hall–Kier alpha value is -1.64. The molecule has 1 aromatic carbocycles. The zero-order valence-corrected chi connectivity index (χ0v) is 11.2. The third-order valence-corrected chi connectivity index (χ3v) is 2.38. The second-order valence-electron chi connectivity index (χ2n) is 3.73. The number of nitrogens with zero attached hydrogens (tertiary/aromatic N) is 1. The van der Waals surface area contributed by atoms with Gasteiger partial charge in [0.25, 0.3) is 0 Å². The minimum atomic E-state index is -0.539. The summed E-state index contributed by atoms with van der Waals surface area (Å²) >= 11 is 0. The minimum absolute atomic E-state index is 0.130. The molecule has 0 aliphatic heterocycles. The van der Waals surface area contributed by atoms with Gasteiger partial charge in [-0.25, -0.2) is 4.39 Å². The number of hydrogen-bond donors (Lipinski definition) is 0. The molecule has 0 heterocycles. The van der Waals surface area contributed by atoms with Crippen molar-refractivity contribution in [2.75, 3.05) is 19.8 Å². The van der Waals surface area contributed by atoms with Gasteiger partial charge in [0, 0.05) is 19.6 Å². The molecule has 0 atom stereocenters. The fraction of sp³-hybridized carbons (Fsp3) is 0.500. The molecule has 0 aliphatic carbocycles. The van der Waals surface area contributed by atoms with Gasteiger partial charge in [-0.15, -0.1) is 0 Å². The first-order chi connectivity index (χ1) is 9.21. The van der Waals surface area contributed by atoms with Gasteiger partial charge in [0.05, 0.1) is 18.2 Å². The predicted molar refractivity (Wildman–Crippen MR) is 68.3 cm³/mol. The summed E-state index contributed by atoms with van der Waals surface area (Å²) in [6.07, 6.45) is 0.178. The Labute approximate surface area is 112 Å². The molecular formula is C14H18FNO3. The lowest BCUT2D eigenvalue weighted by atomic mass is 10.2. The van der Waals surface area contributed by atoms with Crippen molar-refractivity contribution in [1.82, 2.24) is 0 Å². The molecule has 0 spiro atoms. The van der Waals surface area contributed by atoms with Crippen LogP contribution in [0.5, 0.6) is 5.75 Å². The highest BCUT2D eigenvalue weighted by molar-refractivity contribution is 5.35. The van der Waals surface area contributed by atoms with Crippen LogP contribution in [-0.4, -0.2) is 26.1 Å². The van der Waals surface area contributed by atoms with E-state index in [1.165, 1.54) is 12.1 Å². The van der Waals surface area contributed by atoms with Gasteiger partial charge in [0.15, 0.2) is 17.9 Å². The number of rotatable bonds is 8. The van der Waals surface area contributed by atoms with Crippen LogP contribution in [0.4, 0.5) is 4.39 Å². The summed E-state index contributed by atoms with van der Waals surface area (Å²) in [6, 6.07) is 5.98. The third-order valence-electron chi connectivity index (χ3n) is 2.38. The predicted octanol–water partition coefficient (Wildman–Crippen LogP) is 2.87. The van der Waals surface area contributed by atoms with Crippen molar-refractivity contribution in [1.29, 1.82) is 5.26 Å². The summed E-state index contributed by atoms with van der Waals surface area (Å²) in [5, 5.41) is 8.63. The van der Waals surface area contributed by atoms with Crippen LogP contribution in [0.15, 0.2) is 18.2 Å². The van der Waals surface area contributed by atoms with Crippen LogP contribution >= 0.6 is 0 Å². The van der Waals surface area contributed by atoms with Crippen LogP contribution < -0.4 is 4.74 Å². The van der Waals surface area contributed by atoms with E-state index in [0.717, 1.165) is 6.07 Å². The molecule has 0 saturated heterocycles. The molecule has 0 saturated carbocycles. The zero-order chi connectivity index (χ0) is 14.1. The molecule has 1 aromatic rings. The number of halogens is 1.